The van der Waals surface area contributed by atoms with Gasteiger partial charge in [0.15, 0.2) is 0 Å². The number of nitrogens with two attached hydrogens (primary N) is 1. The Morgan fingerprint density at radius 3 is 2.61 bits per heavy atom. The molecule has 2 N–H and O–H groups in total. The Labute approximate surface area is 181 Å². The van der Waals surface area contributed by atoms with Gasteiger partial charge in [-0.25, -0.2) is 0 Å². The van der Waals surface area contributed by atoms with Gasteiger partial charge in [0.2, 0.25) is 5.88 Å². The van der Waals surface area contributed by atoms with Crippen molar-refractivity contribution >= 4 is 0 Å². The zero-order valence-electron chi connectivity index (χ0n) is 18.2. The Morgan fingerprint density at radius 2 is 2.00 bits per heavy atom. The van der Waals surface area contributed by atoms with Crippen LogP contribution in [0.4, 0.5) is 0 Å². The van der Waals surface area contributed by atoms with Crippen LogP contribution in [0.2, 0.25) is 0 Å². The third-order valence-electron chi connectivity index (χ3n) is 5.34. The number of pyridine rings is 1. The highest BCUT2D eigenvalue weighted by molar-refractivity contribution is 5.59. The van der Waals surface area contributed by atoms with E-state index in [-0.39, 0.29) is 17.0 Å². The van der Waals surface area contributed by atoms with Crippen molar-refractivity contribution in [2.45, 2.75) is 32.2 Å². The maximum Gasteiger partial charge on any atom is 0.258 e. The van der Waals surface area contributed by atoms with Crippen LogP contribution in [0.3, 0.4) is 0 Å². The van der Waals surface area contributed by atoms with E-state index in [1.807, 2.05) is 13.0 Å². The second-order valence-electron chi connectivity index (χ2n) is 7.15. The highest BCUT2D eigenvalue weighted by atomic mass is 16.5. The van der Waals surface area contributed by atoms with E-state index in [0.29, 0.717) is 47.9 Å². The molecular formula is C23H27N3O5. The fraction of sp³-hybridized carbons (Fsp3) is 0.391. The zero-order chi connectivity index (χ0) is 22.5. The predicted octanol–water partition coefficient (Wildman–Crippen LogP) is 2.68. The van der Waals surface area contributed by atoms with E-state index >= 15 is 0 Å². The van der Waals surface area contributed by atoms with Crippen LogP contribution in [-0.4, -0.2) is 32.5 Å². The summed E-state index contributed by atoms with van der Waals surface area (Å²) in [5.41, 5.74) is 7.80. The molecular weight excluding hydrogens is 398 g/mol. The number of fused-ring (bicyclic) bond motifs is 1. The first-order chi connectivity index (χ1) is 15.0. The lowest BCUT2D eigenvalue weighted by molar-refractivity contribution is 0.185. The summed E-state index contributed by atoms with van der Waals surface area (Å²) in [6, 6.07) is 9.20. The molecule has 1 aliphatic rings. The van der Waals surface area contributed by atoms with Gasteiger partial charge in [0.25, 0.3) is 5.56 Å². The van der Waals surface area contributed by atoms with Gasteiger partial charge in [-0.15, -0.1) is 0 Å². The van der Waals surface area contributed by atoms with Crippen molar-refractivity contribution in [2.75, 3.05) is 27.9 Å². The minimum Gasteiger partial charge on any atom is -0.497 e. The van der Waals surface area contributed by atoms with Crippen molar-refractivity contribution in [3.63, 3.8) is 0 Å². The average molecular weight is 425 g/mol. The minimum atomic E-state index is -0.754. The van der Waals surface area contributed by atoms with Crippen LogP contribution in [0.25, 0.3) is 0 Å². The molecule has 2 heterocycles. The first-order valence-electron chi connectivity index (χ1n) is 10.1. The first-order valence-corrected chi connectivity index (χ1v) is 10.1. The lowest BCUT2D eigenvalue weighted by Gasteiger charge is -2.28. The highest BCUT2D eigenvalue weighted by Gasteiger charge is 2.36. The minimum absolute atomic E-state index is 0.0265. The number of hydrogen-bond donors (Lipinski definition) is 1. The van der Waals surface area contributed by atoms with Crippen LogP contribution in [0.15, 0.2) is 40.5 Å². The van der Waals surface area contributed by atoms with Gasteiger partial charge >= 0.3 is 0 Å². The molecule has 8 nitrogen and oxygen atoms in total. The summed E-state index contributed by atoms with van der Waals surface area (Å²) >= 11 is 0. The van der Waals surface area contributed by atoms with Gasteiger partial charge in [0.1, 0.15) is 28.9 Å². The number of benzene rings is 1. The maximum absolute atomic E-state index is 13.7. The number of hydrogen-bond acceptors (Lipinski definition) is 7. The summed E-state index contributed by atoms with van der Waals surface area (Å²) in [4.78, 5) is 13.7. The molecule has 0 saturated heterocycles. The number of aromatic nitrogens is 1. The standard InChI is InChI=1S/C23H27N3O5/c1-5-6-14-11-19-21(23(27)26(14)9-10-28-2)20(17(13-24)22(25)31-19)16-12-15(29-3)7-8-18(16)30-4/h7-8,11-12,20H,5-6,9-10,25H2,1-4H3. The van der Waals surface area contributed by atoms with Crippen molar-refractivity contribution in [2.24, 2.45) is 5.73 Å². The van der Waals surface area contributed by atoms with E-state index in [0.717, 1.165) is 12.1 Å². The monoisotopic (exact) mass is 425 g/mol. The number of rotatable bonds is 8. The molecule has 0 bridgehead atoms. The van der Waals surface area contributed by atoms with Crippen LogP contribution in [0, 0.1) is 11.3 Å². The Balaban J connectivity index is 2.34. The summed E-state index contributed by atoms with van der Waals surface area (Å²) in [7, 11) is 4.67. The van der Waals surface area contributed by atoms with Gasteiger partial charge in [-0.3, -0.25) is 4.79 Å². The molecule has 2 aromatic rings. The van der Waals surface area contributed by atoms with Crippen LogP contribution in [-0.2, 0) is 17.7 Å². The maximum atomic E-state index is 13.7. The van der Waals surface area contributed by atoms with E-state index in [1.165, 1.54) is 7.11 Å². The van der Waals surface area contributed by atoms with Crippen molar-refractivity contribution in [1.29, 1.82) is 5.26 Å². The van der Waals surface area contributed by atoms with Gasteiger partial charge in [-0.1, -0.05) is 13.3 Å². The number of nitrogens with zero attached hydrogens (tertiary/aromatic N) is 2. The predicted molar refractivity (Wildman–Crippen MR) is 115 cm³/mol. The summed E-state index contributed by atoms with van der Waals surface area (Å²) in [5, 5.41) is 9.88. The molecule has 1 unspecified atom stereocenters. The van der Waals surface area contributed by atoms with Crippen LogP contribution >= 0.6 is 0 Å². The van der Waals surface area contributed by atoms with E-state index in [2.05, 4.69) is 6.07 Å². The van der Waals surface area contributed by atoms with Gasteiger partial charge in [-0.05, 0) is 24.6 Å². The number of allylic oxidation sites excluding steroid dienone is 1. The number of ether oxygens (including phenoxy) is 4. The van der Waals surface area contributed by atoms with Gasteiger partial charge < -0.3 is 29.2 Å². The van der Waals surface area contributed by atoms with Crippen molar-refractivity contribution in [1.82, 2.24) is 4.57 Å². The topological polar surface area (TPSA) is 109 Å². The summed E-state index contributed by atoms with van der Waals surface area (Å²) in [6.45, 7) is 2.81. The van der Waals surface area contributed by atoms with Crippen molar-refractivity contribution in [3.8, 4) is 23.3 Å². The lowest BCUT2D eigenvalue weighted by atomic mass is 9.83. The van der Waals surface area contributed by atoms with E-state index in [9.17, 15) is 10.1 Å². The lowest BCUT2D eigenvalue weighted by Crippen LogP contribution is -2.34. The molecule has 164 valence electrons. The quantitative estimate of drug-likeness (QED) is 0.692. The Kier molecular flexibility index (Phi) is 6.88. The first kappa shape index (κ1) is 22.2. The molecule has 1 aliphatic heterocycles. The third kappa shape index (κ3) is 4.09. The molecule has 3 rings (SSSR count). The van der Waals surface area contributed by atoms with E-state index in [1.54, 1.807) is 37.0 Å². The summed E-state index contributed by atoms with van der Waals surface area (Å²) in [5.74, 6) is 0.660. The normalized spacial score (nSPS) is 15.1. The summed E-state index contributed by atoms with van der Waals surface area (Å²) < 4.78 is 23.6. The number of methoxy groups -OCH3 is 3. The zero-order valence-corrected chi connectivity index (χ0v) is 18.2. The third-order valence-corrected chi connectivity index (χ3v) is 5.34. The van der Waals surface area contributed by atoms with Crippen LogP contribution in [0.5, 0.6) is 17.2 Å². The van der Waals surface area contributed by atoms with Gasteiger partial charge in [-0.2, -0.15) is 5.26 Å². The Bertz CT molecular complexity index is 1100. The van der Waals surface area contributed by atoms with Gasteiger partial charge in [0, 0.05) is 31.0 Å². The Hall–Kier alpha value is -3.44. The van der Waals surface area contributed by atoms with Crippen LogP contribution < -0.4 is 25.5 Å². The van der Waals surface area contributed by atoms with Crippen molar-refractivity contribution < 1.29 is 18.9 Å². The molecule has 0 saturated carbocycles. The molecule has 0 aliphatic carbocycles. The molecule has 1 aromatic heterocycles. The highest BCUT2D eigenvalue weighted by Crippen LogP contribution is 2.44. The van der Waals surface area contributed by atoms with Crippen molar-refractivity contribution in [3.05, 3.63) is 62.9 Å². The van der Waals surface area contributed by atoms with E-state index < -0.39 is 5.92 Å². The van der Waals surface area contributed by atoms with Crippen LogP contribution in [0.1, 0.15) is 36.1 Å². The van der Waals surface area contributed by atoms with E-state index in [4.69, 9.17) is 24.7 Å². The largest absolute Gasteiger partial charge is 0.497 e. The number of aryl methyl sites for hydroxylation is 1. The molecule has 31 heavy (non-hydrogen) atoms. The summed E-state index contributed by atoms with van der Waals surface area (Å²) in [6.07, 6.45) is 1.55. The molecule has 0 fully saturated rings. The molecule has 8 heteroatoms. The fourth-order valence-electron chi connectivity index (χ4n) is 3.89. The van der Waals surface area contributed by atoms with Gasteiger partial charge in [0.05, 0.1) is 32.3 Å². The molecule has 1 atom stereocenters. The molecule has 0 radical (unpaired) electrons. The average Bonchev–Trinajstić information content (AvgIpc) is 2.77. The molecule has 0 spiro atoms. The fourth-order valence-corrected chi connectivity index (χ4v) is 3.89. The second-order valence-corrected chi connectivity index (χ2v) is 7.15. The molecule has 0 amide bonds. The molecule has 1 aromatic carbocycles. The number of nitriles is 1. The smallest absolute Gasteiger partial charge is 0.258 e. The Morgan fingerprint density at radius 1 is 1.23 bits per heavy atom. The SMILES string of the molecule is CCCc1cc2c(c(=O)n1CCOC)C(c1cc(OC)ccc1OC)C(C#N)=C(N)O2. The second kappa shape index (κ2) is 9.58.